The Kier molecular flexibility index (Phi) is 5.44. The van der Waals surface area contributed by atoms with Crippen molar-refractivity contribution in [3.63, 3.8) is 0 Å². The first kappa shape index (κ1) is 15.3. The van der Waals surface area contributed by atoms with Crippen LogP contribution in [0.2, 0.25) is 0 Å². The fourth-order valence-electron chi connectivity index (χ4n) is 3.28. The second-order valence-corrected chi connectivity index (χ2v) is 6.71. The normalized spacial score (nSPS) is 24.4. The van der Waals surface area contributed by atoms with Crippen LogP contribution in [0.3, 0.4) is 0 Å². The van der Waals surface area contributed by atoms with Gasteiger partial charge in [0.2, 0.25) is 11.8 Å². The first-order valence-electron chi connectivity index (χ1n) is 8.15. The number of carbonyl (C=O) groups excluding carboxylic acids is 2. The molecule has 114 valence electrons. The summed E-state index contributed by atoms with van der Waals surface area (Å²) in [5, 5.41) is 2.98. The molecule has 0 aromatic rings. The SMILES string of the molecule is CC(C)CCNC(=O)[C@@H]1CC(=O)N(C2CCCCC2)C1. The van der Waals surface area contributed by atoms with E-state index in [1.54, 1.807) is 0 Å². The number of hydrogen-bond acceptors (Lipinski definition) is 2. The van der Waals surface area contributed by atoms with E-state index in [0.29, 0.717) is 24.9 Å². The Morgan fingerprint density at radius 2 is 2.00 bits per heavy atom. The van der Waals surface area contributed by atoms with Gasteiger partial charge in [-0.15, -0.1) is 0 Å². The minimum absolute atomic E-state index is 0.0670. The molecule has 2 aliphatic rings. The third kappa shape index (κ3) is 3.97. The molecule has 1 N–H and O–H groups in total. The Morgan fingerprint density at radius 1 is 1.30 bits per heavy atom. The fourth-order valence-corrected chi connectivity index (χ4v) is 3.28. The van der Waals surface area contributed by atoms with Gasteiger partial charge in [-0.1, -0.05) is 33.1 Å². The second kappa shape index (κ2) is 7.09. The molecule has 0 radical (unpaired) electrons. The van der Waals surface area contributed by atoms with Crippen LogP contribution in [0, 0.1) is 11.8 Å². The highest BCUT2D eigenvalue weighted by atomic mass is 16.2. The molecule has 1 aliphatic heterocycles. The molecule has 1 saturated carbocycles. The fraction of sp³-hybridized carbons (Fsp3) is 0.875. The zero-order valence-electron chi connectivity index (χ0n) is 12.9. The van der Waals surface area contributed by atoms with Crippen molar-refractivity contribution in [2.24, 2.45) is 11.8 Å². The van der Waals surface area contributed by atoms with Crippen LogP contribution in [0.1, 0.15) is 58.8 Å². The Hall–Kier alpha value is -1.06. The van der Waals surface area contributed by atoms with E-state index in [1.165, 1.54) is 19.3 Å². The highest BCUT2D eigenvalue weighted by molar-refractivity contribution is 5.89. The lowest BCUT2D eigenvalue weighted by molar-refractivity contribution is -0.130. The summed E-state index contributed by atoms with van der Waals surface area (Å²) in [5.41, 5.74) is 0. The lowest BCUT2D eigenvalue weighted by atomic mass is 9.94. The van der Waals surface area contributed by atoms with Crippen LogP contribution in [-0.4, -0.2) is 35.8 Å². The van der Waals surface area contributed by atoms with Gasteiger partial charge in [0.05, 0.1) is 5.92 Å². The van der Waals surface area contributed by atoms with Gasteiger partial charge in [0.15, 0.2) is 0 Å². The highest BCUT2D eigenvalue weighted by Gasteiger charge is 2.37. The molecule has 2 amide bonds. The Labute approximate surface area is 122 Å². The van der Waals surface area contributed by atoms with Gasteiger partial charge in [-0.3, -0.25) is 9.59 Å². The van der Waals surface area contributed by atoms with Crippen molar-refractivity contribution in [2.45, 2.75) is 64.8 Å². The van der Waals surface area contributed by atoms with Gasteiger partial charge in [-0.05, 0) is 25.2 Å². The Morgan fingerprint density at radius 3 is 2.65 bits per heavy atom. The van der Waals surface area contributed by atoms with Gasteiger partial charge in [-0.25, -0.2) is 0 Å². The predicted molar refractivity (Wildman–Crippen MR) is 79.2 cm³/mol. The number of nitrogens with one attached hydrogen (secondary N) is 1. The van der Waals surface area contributed by atoms with Crippen molar-refractivity contribution >= 4 is 11.8 Å². The molecule has 4 heteroatoms. The summed E-state index contributed by atoms with van der Waals surface area (Å²) in [7, 11) is 0. The number of rotatable bonds is 5. The number of hydrogen-bond donors (Lipinski definition) is 1. The molecule has 1 saturated heterocycles. The third-order valence-electron chi connectivity index (χ3n) is 4.57. The number of nitrogens with zero attached hydrogens (tertiary/aromatic N) is 1. The highest BCUT2D eigenvalue weighted by Crippen LogP contribution is 2.28. The predicted octanol–water partition coefficient (Wildman–Crippen LogP) is 2.33. The van der Waals surface area contributed by atoms with Crippen LogP contribution >= 0.6 is 0 Å². The number of likely N-dealkylation sites (tertiary alicyclic amines) is 1. The molecule has 20 heavy (non-hydrogen) atoms. The lowest BCUT2D eigenvalue weighted by Gasteiger charge is -2.31. The summed E-state index contributed by atoms with van der Waals surface area (Å²) >= 11 is 0. The summed E-state index contributed by atoms with van der Waals surface area (Å²) in [6, 6.07) is 0.393. The minimum Gasteiger partial charge on any atom is -0.356 e. The Balaban J connectivity index is 1.80. The second-order valence-electron chi connectivity index (χ2n) is 6.71. The van der Waals surface area contributed by atoms with Gasteiger partial charge in [0.25, 0.3) is 0 Å². The van der Waals surface area contributed by atoms with E-state index in [-0.39, 0.29) is 17.7 Å². The van der Waals surface area contributed by atoms with Crippen LogP contribution in [0.5, 0.6) is 0 Å². The average Bonchev–Trinajstić information content (AvgIpc) is 2.81. The van der Waals surface area contributed by atoms with E-state index in [1.807, 2.05) is 4.90 Å². The molecule has 0 bridgehead atoms. The van der Waals surface area contributed by atoms with Crippen molar-refractivity contribution in [3.05, 3.63) is 0 Å². The maximum absolute atomic E-state index is 12.1. The molecule has 0 spiro atoms. The largest absolute Gasteiger partial charge is 0.356 e. The molecule has 2 rings (SSSR count). The molecule has 1 aliphatic carbocycles. The molecule has 1 heterocycles. The summed E-state index contributed by atoms with van der Waals surface area (Å²) in [6.07, 6.45) is 7.38. The molecular weight excluding hydrogens is 252 g/mol. The maximum atomic E-state index is 12.1. The van der Waals surface area contributed by atoms with Gasteiger partial charge in [0.1, 0.15) is 0 Å². The zero-order valence-corrected chi connectivity index (χ0v) is 12.9. The third-order valence-corrected chi connectivity index (χ3v) is 4.57. The van der Waals surface area contributed by atoms with E-state index in [4.69, 9.17) is 0 Å². The van der Waals surface area contributed by atoms with E-state index in [2.05, 4.69) is 19.2 Å². The van der Waals surface area contributed by atoms with Crippen LogP contribution < -0.4 is 5.32 Å². The zero-order chi connectivity index (χ0) is 14.5. The minimum atomic E-state index is -0.128. The van der Waals surface area contributed by atoms with Crippen molar-refractivity contribution in [3.8, 4) is 0 Å². The molecular formula is C16H28N2O2. The monoisotopic (exact) mass is 280 g/mol. The van der Waals surface area contributed by atoms with Crippen LogP contribution in [0.4, 0.5) is 0 Å². The number of amides is 2. The average molecular weight is 280 g/mol. The summed E-state index contributed by atoms with van der Waals surface area (Å²) in [4.78, 5) is 26.2. The smallest absolute Gasteiger partial charge is 0.225 e. The topological polar surface area (TPSA) is 49.4 Å². The summed E-state index contributed by atoms with van der Waals surface area (Å²) < 4.78 is 0. The van der Waals surface area contributed by atoms with Gasteiger partial charge >= 0.3 is 0 Å². The van der Waals surface area contributed by atoms with E-state index in [0.717, 1.165) is 25.8 Å². The number of carbonyl (C=O) groups is 2. The van der Waals surface area contributed by atoms with Crippen molar-refractivity contribution in [1.29, 1.82) is 0 Å². The first-order valence-corrected chi connectivity index (χ1v) is 8.15. The van der Waals surface area contributed by atoms with Crippen molar-refractivity contribution < 1.29 is 9.59 Å². The quantitative estimate of drug-likeness (QED) is 0.840. The van der Waals surface area contributed by atoms with E-state index < -0.39 is 0 Å². The molecule has 0 unspecified atom stereocenters. The van der Waals surface area contributed by atoms with Crippen molar-refractivity contribution in [1.82, 2.24) is 10.2 Å². The van der Waals surface area contributed by atoms with Gasteiger partial charge < -0.3 is 10.2 Å². The molecule has 0 aromatic carbocycles. The van der Waals surface area contributed by atoms with Crippen LogP contribution in [-0.2, 0) is 9.59 Å². The van der Waals surface area contributed by atoms with Crippen molar-refractivity contribution in [2.75, 3.05) is 13.1 Å². The van der Waals surface area contributed by atoms with Crippen LogP contribution in [0.25, 0.3) is 0 Å². The van der Waals surface area contributed by atoms with Gasteiger partial charge in [0, 0.05) is 25.6 Å². The molecule has 0 aromatic heterocycles. The Bertz CT molecular complexity index is 348. The van der Waals surface area contributed by atoms with E-state index >= 15 is 0 Å². The molecule has 4 nitrogen and oxygen atoms in total. The molecule has 2 fully saturated rings. The van der Waals surface area contributed by atoms with Gasteiger partial charge in [-0.2, -0.15) is 0 Å². The standard InChI is InChI=1S/C16H28N2O2/c1-12(2)8-9-17-16(20)13-10-15(19)18(11-13)14-6-4-3-5-7-14/h12-14H,3-11H2,1-2H3,(H,17,20)/t13-/m1/s1. The summed E-state index contributed by atoms with van der Waals surface area (Å²) in [5.74, 6) is 0.717. The first-order chi connectivity index (χ1) is 9.58. The van der Waals surface area contributed by atoms with Crippen LogP contribution in [0.15, 0.2) is 0 Å². The van der Waals surface area contributed by atoms with E-state index in [9.17, 15) is 9.59 Å². The molecule has 1 atom stereocenters. The summed E-state index contributed by atoms with van der Waals surface area (Å²) in [6.45, 7) is 5.66. The maximum Gasteiger partial charge on any atom is 0.225 e. The lowest BCUT2D eigenvalue weighted by Crippen LogP contribution is -2.39.